The van der Waals surface area contributed by atoms with E-state index in [9.17, 15) is 0 Å². The Balaban J connectivity index is 1.54. The van der Waals surface area contributed by atoms with E-state index in [0.717, 1.165) is 43.5 Å². The van der Waals surface area contributed by atoms with Gasteiger partial charge in [-0.15, -0.1) is 11.3 Å². The third-order valence-corrected chi connectivity index (χ3v) is 4.01. The van der Waals surface area contributed by atoms with Crippen LogP contribution in [-0.2, 0) is 6.54 Å². The van der Waals surface area contributed by atoms with E-state index in [1.54, 1.807) is 11.3 Å². The molecule has 2 aromatic heterocycles. The molecule has 5 heteroatoms. The van der Waals surface area contributed by atoms with Crippen molar-refractivity contribution in [2.24, 2.45) is 0 Å². The Bertz CT molecular complexity index is 463. The molecular formula is C13H16N4S. The van der Waals surface area contributed by atoms with Gasteiger partial charge >= 0.3 is 0 Å². The fourth-order valence-electron chi connectivity index (χ4n) is 2.19. The monoisotopic (exact) mass is 260 g/mol. The molecule has 0 radical (unpaired) electrons. The van der Waals surface area contributed by atoms with E-state index in [0.29, 0.717) is 0 Å². The summed E-state index contributed by atoms with van der Waals surface area (Å²) in [5, 5.41) is 3.18. The van der Waals surface area contributed by atoms with Crippen molar-refractivity contribution in [1.82, 2.24) is 14.9 Å². The molecular weight excluding hydrogens is 244 g/mol. The molecule has 1 saturated heterocycles. The van der Waals surface area contributed by atoms with Crippen molar-refractivity contribution in [3.63, 3.8) is 0 Å². The Hall–Kier alpha value is -1.46. The molecule has 18 heavy (non-hydrogen) atoms. The van der Waals surface area contributed by atoms with Crippen LogP contribution < -0.4 is 4.90 Å². The van der Waals surface area contributed by atoms with Crippen molar-refractivity contribution < 1.29 is 0 Å². The highest BCUT2D eigenvalue weighted by Gasteiger charge is 2.18. The van der Waals surface area contributed by atoms with Crippen LogP contribution in [0.1, 0.15) is 5.69 Å². The van der Waals surface area contributed by atoms with Crippen LogP contribution in [0.25, 0.3) is 0 Å². The Morgan fingerprint density at radius 2 is 1.94 bits per heavy atom. The SMILES string of the molecule is c1ccc(CN2CCN(c3nccs3)CC2)nc1. The van der Waals surface area contributed by atoms with Gasteiger partial charge in [0, 0.05) is 50.5 Å². The first-order valence-electron chi connectivity index (χ1n) is 6.18. The predicted molar refractivity (Wildman–Crippen MR) is 73.8 cm³/mol. The molecule has 0 spiro atoms. The molecule has 0 amide bonds. The maximum Gasteiger partial charge on any atom is 0.185 e. The second-order valence-corrected chi connectivity index (χ2v) is 5.27. The minimum absolute atomic E-state index is 0.951. The zero-order valence-corrected chi connectivity index (χ0v) is 11.0. The average Bonchev–Trinajstić information content (AvgIpc) is 2.95. The van der Waals surface area contributed by atoms with E-state index in [2.05, 4.69) is 25.8 Å². The molecule has 0 atom stereocenters. The molecule has 4 nitrogen and oxygen atoms in total. The standard InChI is InChI=1S/C13H16N4S/c1-2-4-14-12(3-1)11-16-6-8-17(9-7-16)13-15-5-10-18-13/h1-5,10H,6-9,11H2. The summed E-state index contributed by atoms with van der Waals surface area (Å²) in [6.45, 7) is 5.22. The van der Waals surface area contributed by atoms with Gasteiger partial charge in [-0.1, -0.05) is 6.07 Å². The van der Waals surface area contributed by atoms with Gasteiger partial charge in [0.25, 0.3) is 0 Å². The number of piperazine rings is 1. The third kappa shape index (κ3) is 2.68. The van der Waals surface area contributed by atoms with Crippen LogP contribution in [0.4, 0.5) is 5.13 Å². The zero-order valence-electron chi connectivity index (χ0n) is 10.2. The van der Waals surface area contributed by atoms with Gasteiger partial charge in [0.1, 0.15) is 0 Å². The van der Waals surface area contributed by atoms with Gasteiger partial charge < -0.3 is 4.90 Å². The summed E-state index contributed by atoms with van der Waals surface area (Å²) in [4.78, 5) is 13.6. The van der Waals surface area contributed by atoms with E-state index in [4.69, 9.17) is 0 Å². The van der Waals surface area contributed by atoms with Crippen LogP contribution in [-0.4, -0.2) is 41.0 Å². The molecule has 0 saturated carbocycles. The molecule has 2 aromatic rings. The molecule has 1 aliphatic heterocycles. The quantitative estimate of drug-likeness (QED) is 0.843. The molecule has 0 aliphatic carbocycles. The Kier molecular flexibility index (Phi) is 3.52. The fourth-order valence-corrected chi connectivity index (χ4v) is 2.89. The normalized spacial score (nSPS) is 17.0. The summed E-state index contributed by atoms with van der Waals surface area (Å²) >= 11 is 1.72. The summed E-state index contributed by atoms with van der Waals surface area (Å²) in [5.74, 6) is 0. The summed E-state index contributed by atoms with van der Waals surface area (Å²) in [6.07, 6.45) is 3.74. The van der Waals surface area contributed by atoms with Crippen LogP contribution >= 0.6 is 11.3 Å². The third-order valence-electron chi connectivity index (χ3n) is 3.17. The summed E-state index contributed by atoms with van der Waals surface area (Å²) in [5.41, 5.74) is 1.15. The van der Waals surface area contributed by atoms with Gasteiger partial charge in [-0.05, 0) is 12.1 Å². The topological polar surface area (TPSA) is 32.3 Å². The molecule has 3 heterocycles. The number of aromatic nitrogens is 2. The Labute approximate surface area is 111 Å². The van der Waals surface area contributed by atoms with E-state index in [-0.39, 0.29) is 0 Å². The van der Waals surface area contributed by atoms with Gasteiger partial charge in [-0.25, -0.2) is 4.98 Å². The molecule has 0 bridgehead atoms. The first-order chi connectivity index (χ1) is 8.92. The van der Waals surface area contributed by atoms with E-state index >= 15 is 0 Å². The molecule has 94 valence electrons. The number of anilines is 1. The van der Waals surface area contributed by atoms with Crippen molar-refractivity contribution >= 4 is 16.5 Å². The second-order valence-electron chi connectivity index (χ2n) is 4.40. The minimum atomic E-state index is 0.951. The molecule has 3 rings (SSSR count). The molecule has 0 unspecified atom stereocenters. The zero-order chi connectivity index (χ0) is 12.2. The number of hydrogen-bond donors (Lipinski definition) is 0. The van der Waals surface area contributed by atoms with Gasteiger partial charge in [-0.3, -0.25) is 9.88 Å². The smallest absolute Gasteiger partial charge is 0.185 e. The van der Waals surface area contributed by atoms with Crippen LogP contribution in [0.2, 0.25) is 0 Å². The van der Waals surface area contributed by atoms with E-state index < -0.39 is 0 Å². The van der Waals surface area contributed by atoms with E-state index in [1.165, 1.54) is 0 Å². The molecule has 1 aliphatic rings. The van der Waals surface area contributed by atoms with Crippen LogP contribution in [0.5, 0.6) is 0 Å². The number of nitrogens with zero attached hydrogens (tertiary/aromatic N) is 4. The highest BCUT2D eigenvalue weighted by atomic mass is 32.1. The lowest BCUT2D eigenvalue weighted by Gasteiger charge is -2.34. The van der Waals surface area contributed by atoms with Gasteiger partial charge in [0.05, 0.1) is 5.69 Å². The van der Waals surface area contributed by atoms with E-state index in [1.807, 2.05) is 29.9 Å². The van der Waals surface area contributed by atoms with Crippen molar-refractivity contribution in [2.45, 2.75) is 6.54 Å². The summed E-state index contributed by atoms with van der Waals surface area (Å²) in [7, 11) is 0. The highest BCUT2D eigenvalue weighted by molar-refractivity contribution is 7.13. The van der Waals surface area contributed by atoms with Crippen LogP contribution in [0.3, 0.4) is 0 Å². The minimum Gasteiger partial charge on any atom is -0.346 e. The maximum absolute atomic E-state index is 4.38. The lowest BCUT2D eigenvalue weighted by atomic mass is 10.3. The van der Waals surface area contributed by atoms with Gasteiger partial charge in [-0.2, -0.15) is 0 Å². The number of pyridine rings is 1. The lowest BCUT2D eigenvalue weighted by Crippen LogP contribution is -2.46. The first kappa shape index (κ1) is 11.6. The first-order valence-corrected chi connectivity index (χ1v) is 7.06. The number of rotatable bonds is 3. The Morgan fingerprint density at radius 3 is 2.61 bits per heavy atom. The molecule has 0 aromatic carbocycles. The van der Waals surface area contributed by atoms with Crippen LogP contribution in [0.15, 0.2) is 36.0 Å². The van der Waals surface area contributed by atoms with Crippen molar-refractivity contribution in [2.75, 3.05) is 31.1 Å². The molecule has 1 fully saturated rings. The van der Waals surface area contributed by atoms with Gasteiger partial charge in [0.2, 0.25) is 0 Å². The average molecular weight is 260 g/mol. The largest absolute Gasteiger partial charge is 0.346 e. The predicted octanol–water partition coefficient (Wildman–Crippen LogP) is 1.86. The second kappa shape index (κ2) is 5.46. The fraction of sp³-hybridized carbons (Fsp3) is 0.385. The highest BCUT2D eigenvalue weighted by Crippen LogP contribution is 2.19. The number of thiazole rings is 1. The summed E-state index contributed by atoms with van der Waals surface area (Å²) < 4.78 is 0. The lowest BCUT2D eigenvalue weighted by molar-refractivity contribution is 0.247. The maximum atomic E-state index is 4.38. The van der Waals surface area contributed by atoms with Crippen molar-refractivity contribution in [1.29, 1.82) is 0 Å². The van der Waals surface area contributed by atoms with Crippen molar-refractivity contribution in [3.8, 4) is 0 Å². The summed E-state index contributed by atoms with van der Waals surface area (Å²) in [6, 6.07) is 6.10. The van der Waals surface area contributed by atoms with Crippen LogP contribution in [0, 0.1) is 0 Å². The molecule has 0 N–H and O–H groups in total. The van der Waals surface area contributed by atoms with Crippen molar-refractivity contribution in [3.05, 3.63) is 41.7 Å². The Morgan fingerprint density at radius 1 is 1.06 bits per heavy atom. The number of hydrogen-bond acceptors (Lipinski definition) is 5. The van der Waals surface area contributed by atoms with Gasteiger partial charge in [0.15, 0.2) is 5.13 Å².